The second kappa shape index (κ2) is 7.25. The number of hydrogen-bond donors (Lipinski definition) is 1. The van der Waals surface area contributed by atoms with Crippen LogP contribution in [0.5, 0.6) is 0 Å². The van der Waals surface area contributed by atoms with Crippen LogP contribution in [0.25, 0.3) is 0 Å². The minimum absolute atomic E-state index is 0.0422. The van der Waals surface area contributed by atoms with Crippen LogP contribution in [0.1, 0.15) is 36.0 Å². The smallest absolute Gasteiger partial charge is 0.257 e. The fourth-order valence-electron chi connectivity index (χ4n) is 3.64. The maximum Gasteiger partial charge on any atom is 0.257 e. The molecule has 6 nitrogen and oxygen atoms in total. The van der Waals surface area contributed by atoms with Crippen LogP contribution in [-0.2, 0) is 4.79 Å². The number of fused-ring (bicyclic) bond motifs is 2. The van der Waals surface area contributed by atoms with Crippen LogP contribution < -0.4 is 10.2 Å². The van der Waals surface area contributed by atoms with E-state index < -0.39 is 0 Å². The summed E-state index contributed by atoms with van der Waals surface area (Å²) in [4.78, 5) is 34.0. The van der Waals surface area contributed by atoms with Crippen molar-refractivity contribution in [3.05, 3.63) is 48.2 Å². The lowest BCUT2D eigenvalue weighted by atomic mass is 10.1. The third-order valence-corrected chi connectivity index (χ3v) is 4.98. The number of aromatic nitrogens is 1. The molecule has 2 aliphatic heterocycles. The zero-order valence-corrected chi connectivity index (χ0v) is 14.6. The molecule has 0 unspecified atom stereocenters. The van der Waals surface area contributed by atoms with Gasteiger partial charge in [0.15, 0.2) is 5.82 Å². The van der Waals surface area contributed by atoms with E-state index in [4.69, 9.17) is 0 Å². The summed E-state index contributed by atoms with van der Waals surface area (Å²) in [5.41, 5.74) is 1.63. The first-order valence-corrected chi connectivity index (χ1v) is 9.15. The molecule has 0 radical (unpaired) electrons. The predicted octanol–water partition coefficient (Wildman–Crippen LogP) is 3.19. The molecule has 0 bridgehead atoms. The number of nitrogens with zero attached hydrogens (tertiary/aromatic N) is 3. The molecule has 2 amide bonds. The van der Waals surface area contributed by atoms with Crippen LogP contribution in [0, 0.1) is 0 Å². The average Bonchev–Trinajstić information content (AvgIpc) is 2.81. The largest absolute Gasteiger partial charge is 0.319 e. The zero-order valence-electron chi connectivity index (χ0n) is 14.6. The Kier molecular flexibility index (Phi) is 4.67. The highest BCUT2D eigenvalue weighted by Crippen LogP contribution is 2.36. The molecule has 2 aliphatic rings. The highest BCUT2D eigenvalue weighted by molar-refractivity contribution is 6.17. The highest BCUT2D eigenvalue weighted by Gasteiger charge is 2.30. The van der Waals surface area contributed by atoms with Gasteiger partial charge < -0.3 is 10.2 Å². The van der Waals surface area contributed by atoms with Gasteiger partial charge in [0.25, 0.3) is 5.91 Å². The molecule has 26 heavy (non-hydrogen) atoms. The Labute approximate surface area is 152 Å². The van der Waals surface area contributed by atoms with Crippen molar-refractivity contribution in [3.63, 3.8) is 0 Å². The summed E-state index contributed by atoms with van der Waals surface area (Å²) in [6.45, 7) is 2.85. The Hall–Kier alpha value is -2.73. The van der Waals surface area contributed by atoms with Gasteiger partial charge in [0.2, 0.25) is 5.91 Å². The van der Waals surface area contributed by atoms with E-state index in [1.807, 2.05) is 6.07 Å². The summed E-state index contributed by atoms with van der Waals surface area (Å²) < 4.78 is 0. The number of likely N-dealkylation sites (tertiary alicyclic amines) is 1. The quantitative estimate of drug-likeness (QED) is 0.923. The van der Waals surface area contributed by atoms with Crippen LogP contribution in [0.4, 0.5) is 17.2 Å². The monoisotopic (exact) mass is 350 g/mol. The normalized spacial score (nSPS) is 17.1. The van der Waals surface area contributed by atoms with Crippen molar-refractivity contribution >= 4 is 29.0 Å². The number of amides is 2. The minimum atomic E-state index is -0.221. The van der Waals surface area contributed by atoms with E-state index in [9.17, 15) is 9.59 Å². The van der Waals surface area contributed by atoms with Gasteiger partial charge in [-0.3, -0.25) is 14.5 Å². The van der Waals surface area contributed by atoms with Gasteiger partial charge in [0.1, 0.15) is 0 Å². The van der Waals surface area contributed by atoms with Crippen molar-refractivity contribution in [2.45, 2.75) is 25.7 Å². The van der Waals surface area contributed by atoms with Crippen molar-refractivity contribution in [2.75, 3.05) is 29.9 Å². The van der Waals surface area contributed by atoms with Gasteiger partial charge in [0, 0.05) is 19.2 Å². The minimum Gasteiger partial charge on any atom is -0.319 e. The predicted molar refractivity (Wildman–Crippen MR) is 101 cm³/mol. The van der Waals surface area contributed by atoms with Crippen molar-refractivity contribution in [2.24, 2.45) is 0 Å². The molecule has 3 heterocycles. The maximum absolute atomic E-state index is 13.1. The Balaban J connectivity index is 1.66. The first-order chi connectivity index (χ1) is 12.7. The molecular weight excluding hydrogens is 328 g/mol. The van der Waals surface area contributed by atoms with Crippen LogP contribution in [-0.4, -0.2) is 41.3 Å². The number of pyridine rings is 1. The van der Waals surface area contributed by atoms with Crippen LogP contribution in [0.2, 0.25) is 0 Å². The average molecular weight is 350 g/mol. The van der Waals surface area contributed by atoms with Crippen LogP contribution >= 0.6 is 0 Å². The van der Waals surface area contributed by atoms with Crippen molar-refractivity contribution in [1.82, 2.24) is 9.88 Å². The molecule has 1 aromatic carbocycles. The van der Waals surface area contributed by atoms with Gasteiger partial charge in [-0.1, -0.05) is 18.6 Å². The molecule has 0 atom stereocenters. The molecule has 6 heteroatoms. The van der Waals surface area contributed by atoms with Gasteiger partial charge >= 0.3 is 0 Å². The van der Waals surface area contributed by atoms with E-state index >= 15 is 0 Å². The highest BCUT2D eigenvalue weighted by atomic mass is 16.2. The lowest BCUT2D eigenvalue weighted by molar-refractivity contribution is -0.118. The number of hydrogen-bond acceptors (Lipinski definition) is 4. The molecule has 1 fully saturated rings. The van der Waals surface area contributed by atoms with E-state index in [1.165, 1.54) is 19.3 Å². The maximum atomic E-state index is 13.1. The lowest BCUT2D eigenvalue weighted by Gasteiger charge is -2.28. The molecule has 134 valence electrons. The van der Waals surface area contributed by atoms with E-state index in [-0.39, 0.29) is 11.8 Å². The summed E-state index contributed by atoms with van der Waals surface area (Å²) in [5, 5.41) is 2.86. The molecule has 4 rings (SSSR count). The number of anilines is 3. The molecule has 1 aromatic heterocycles. The van der Waals surface area contributed by atoms with E-state index in [2.05, 4.69) is 15.2 Å². The summed E-state index contributed by atoms with van der Waals surface area (Å²) in [7, 11) is 0. The van der Waals surface area contributed by atoms with Gasteiger partial charge in [-0.2, -0.15) is 0 Å². The Morgan fingerprint density at radius 1 is 1.08 bits per heavy atom. The summed E-state index contributed by atoms with van der Waals surface area (Å²) >= 11 is 0. The zero-order chi connectivity index (χ0) is 17.9. The molecule has 0 saturated carbocycles. The van der Waals surface area contributed by atoms with Gasteiger partial charge in [0.05, 0.1) is 16.9 Å². The van der Waals surface area contributed by atoms with Crippen molar-refractivity contribution in [1.29, 1.82) is 0 Å². The molecular formula is C20H22N4O2. The lowest BCUT2D eigenvalue weighted by Crippen LogP contribution is -2.35. The summed E-state index contributed by atoms with van der Waals surface area (Å²) in [6.07, 6.45) is 5.71. The number of para-hydroxylation sites is 1. The number of nitrogens with one attached hydrogen (secondary N) is 1. The third kappa shape index (κ3) is 3.20. The molecule has 1 saturated heterocycles. The first kappa shape index (κ1) is 16.7. The number of carbonyl (C=O) groups excluding carboxylic acids is 2. The van der Waals surface area contributed by atoms with Gasteiger partial charge in [-0.25, -0.2) is 4.98 Å². The second-order valence-electron chi connectivity index (χ2n) is 6.73. The number of benzene rings is 1. The fraction of sp³-hybridized carbons (Fsp3) is 0.350. The molecule has 1 N–H and O–H groups in total. The Morgan fingerprint density at radius 3 is 2.73 bits per heavy atom. The second-order valence-corrected chi connectivity index (χ2v) is 6.73. The van der Waals surface area contributed by atoms with Crippen LogP contribution in [0.15, 0.2) is 42.6 Å². The van der Waals surface area contributed by atoms with Crippen molar-refractivity contribution in [3.8, 4) is 0 Å². The number of piperidine rings is 1. The first-order valence-electron chi connectivity index (χ1n) is 9.15. The summed E-state index contributed by atoms with van der Waals surface area (Å²) in [5.74, 6) is 0.218. The Morgan fingerprint density at radius 2 is 1.88 bits per heavy atom. The van der Waals surface area contributed by atoms with Crippen molar-refractivity contribution < 1.29 is 9.59 Å². The van der Waals surface area contributed by atoms with E-state index in [1.54, 1.807) is 41.4 Å². The SMILES string of the molecule is O=C1Nc2cccnc2N(C(=O)CCN2CCCCC2)c2ccccc21. The van der Waals surface area contributed by atoms with E-state index in [0.29, 0.717) is 29.2 Å². The standard InChI is InChI=1S/C20H22N4O2/c25-18(10-14-23-12-4-1-5-13-23)24-17-9-3-2-7-15(17)20(26)22-16-8-6-11-21-19(16)24/h2-3,6-9,11H,1,4-5,10,12-14H2,(H,22,26). The van der Waals surface area contributed by atoms with Gasteiger partial charge in [-0.15, -0.1) is 0 Å². The molecule has 2 aromatic rings. The van der Waals surface area contributed by atoms with Crippen LogP contribution in [0.3, 0.4) is 0 Å². The topological polar surface area (TPSA) is 65.5 Å². The molecule has 0 aliphatic carbocycles. The number of carbonyl (C=O) groups is 2. The summed E-state index contributed by atoms with van der Waals surface area (Å²) in [6, 6.07) is 10.7. The van der Waals surface area contributed by atoms with E-state index in [0.717, 1.165) is 19.6 Å². The third-order valence-electron chi connectivity index (χ3n) is 4.98. The Bertz CT molecular complexity index is 830. The number of rotatable bonds is 3. The molecule has 0 spiro atoms. The fourth-order valence-corrected chi connectivity index (χ4v) is 3.64. The van der Waals surface area contributed by atoms with Gasteiger partial charge in [-0.05, 0) is 50.2 Å².